The van der Waals surface area contributed by atoms with Gasteiger partial charge in [-0.25, -0.2) is 5.06 Å². The van der Waals surface area contributed by atoms with Gasteiger partial charge in [-0.3, -0.25) is 10.0 Å². The molecule has 3 atom stereocenters. The van der Waals surface area contributed by atoms with Crippen molar-refractivity contribution in [2.45, 2.75) is 18.4 Å². The zero-order chi connectivity index (χ0) is 11.1. The molecule has 3 nitrogen and oxygen atoms in total. The smallest absolute Gasteiger partial charge is 0.254 e. The number of hydrogen-bond acceptors (Lipinski definition) is 2. The Bertz CT molecular complexity index is 441. The predicted octanol–water partition coefficient (Wildman–Crippen LogP) is 1.95. The summed E-state index contributed by atoms with van der Waals surface area (Å²) in [5, 5.41) is 10.6. The summed E-state index contributed by atoms with van der Waals surface area (Å²) in [4.78, 5) is 12.0. The highest BCUT2D eigenvalue weighted by Crippen LogP contribution is 2.40. The number of allylic oxidation sites excluding steroid dienone is 1. The lowest BCUT2D eigenvalue weighted by Crippen LogP contribution is -2.44. The molecular weight excluding hydrogens is 202 g/mol. The van der Waals surface area contributed by atoms with Gasteiger partial charge in [0.15, 0.2) is 0 Å². The molecule has 1 aromatic carbocycles. The first-order valence-electron chi connectivity index (χ1n) is 5.52. The maximum atomic E-state index is 12.0. The van der Waals surface area contributed by atoms with Crippen molar-refractivity contribution in [3.63, 3.8) is 0 Å². The van der Waals surface area contributed by atoms with E-state index in [1.165, 1.54) is 0 Å². The minimum Gasteiger partial charge on any atom is -0.285 e. The summed E-state index contributed by atoms with van der Waals surface area (Å²) < 4.78 is 0. The number of carbonyl (C=O) groups excluding carboxylic acids is 1. The summed E-state index contributed by atoms with van der Waals surface area (Å²) in [7, 11) is 0. The maximum absolute atomic E-state index is 12.0. The number of hydroxylamine groups is 2. The Morgan fingerprint density at radius 1 is 1.19 bits per heavy atom. The van der Waals surface area contributed by atoms with E-state index in [1.54, 1.807) is 0 Å². The number of hydrogen-bond donors (Lipinski definition) is 1. The summed E-state index contributed by atoms with van der Waals surface area (Å²) in [5.74, 6) is -0.165. The lowest BCUT2D eigenvalue weighted by Gasteiger charge is -2.34. The Morgan fingerprint density at radius 3 is 2.69 bits per heavy atom. The summed E-state index contributed by atoms with van der Waals surface area (Å²) in [6, 6.07) is 9.56. The Kier molecular flexibility index (Phi) is 2.07. The zero-order valence-electron chi connectivity index (χ0n) is 8.78. The number of carbonyl (C=O) groups is 1. The molecule has 3 heteroatoms. The highest BCUT2D eigenvalue weighted by atomic mass is 16.5. The Hall–Kier alpha value is -1.61. The van der Waals surface area contributed by atoms with Crippen LogP contribution in [0, 0.1) is 5.92 Å². The van der Waals surface area contributed by atoms with Gasteiger partial charge in [0.2, 0.25) is 0 Å². The van der Waals surface area contributed by atoms with Gasteiger partial charge in [-0.1, -0.05) is 42.5 Å². The molecule has 16 heavy (non-hydrogen) atoms. The monoisotopic (exact) mass is 215 g/mol. The number of piperidine rings is 1. The topological polar surface area (TPSA) is 40.5 Å². The van der Waals surface area contributed by atoms with Crippen LogP contribution < -0.4 is 0 Å². The lowest BCUT2D eigenvalue weighted by molar-refractivity contribution is -0.180. The van der Waals surface area contributed by atoms with Gasteiger partial charge >= 0.3 is 0 Å². The molecule has 1 heterocycles. The zero-order valence-corrected chi connectivity index (χ0v) is 8.78. The van der Waals surface area contributed by atoms with E-state index in [4.69, 9.17) is 0 Å². The van der Waals surface area contributed by atoms with Crippen molar-refractivity contribution >= 4 is 5.91 Å². The van der Waals surface area contributed by atoms with E-state index in [1.807, 2.05) is 36.4 Å². The van der Waals surface area contributed by atoms with E-state index in [2.05, 4.69) is 6.08 Å². The standard InChI is InChI=1S/C13H13NO2/c15-13-12(9-4-2-1-3-5-9)10-6-7-11(8-10)14(13)16/h1-7,10-12,16H,8H2. The molecular formula is C13H13NO2. The molecule has 2 bridgehead atoms. The Morgan fingerprint density at radius 2 is 1.94 bits per heavy atom. The third kappa shape index (κ3) is 1.28. The minimum atomic E-state index is -0.221. The molecule has 2 aliphatic rings. The van der Waals surface area contributed by atoms with Crippen molar-refractivity contribution in [1.29, 1.82) is 0 Å². The van der Waals surface area contributed by atoms with Crippen LogP contribution in [0.15, 0.2) is 42.5 Å². The van der Waals surface area contributed by atoms with Crippen LogP contribution in [0.2, 0.25) is 0 Å². The molecule has 3 rings (SSSR count). The quantitative estimate of drug-likeness (QED) is 0.574. The van der Waals surface area contributed by atoms with Gasteiger partial charge < -0.3 is 0 Å². The second-order valence-corrected chi connectivity index (χ2v) is 4.42. The van der Waals surface area contributed by atoms with Gasteiger partial charge in [-0.15, -0.1) is 0 Å². The van der Waals surface area contributed by atoms with Crippen LogP contribution in [0.4, 0.5) is 0 Å². The van der Waals surface area contributed by atoms with Crippen LogP contribution in [-0.2, 0) is 4.79 Å². The molecule has 1 aromatic rings. The van der Waals surface area contributed by atoms with Crippen LogP contribution in [-0.4, -0.2) is 22.2 Å². The number of fused-ring (bicyclic) bond motifs is 2. The maximum Gasteiger partial charge on any atom is 0.254 e. The Balaban J connectivity index is 2.00. The molecule has 1 aliphatic carbocycles. The molecule has 1 aliphatic heterocycles. The molecule has 3 unspecified atom stereocenters. The van der Waals surface area contributed by atoms with Crippen LogP contribution in [0.5, 0.6) is 0 Å². The largest absolute Gasteiger partial charge is 0.285 e. The van der Waals surface area contributed by atoms with Crippen molar-refractivity contribution in [3.05, 3.63) is 48.0 Å². The lowest BCUT2D eigenvalue weighted by atomic mass is 9.82. The van der Waals surface area contributed by atoms with E-state index in [0.29, 0.717) is 0 Å². The van der Waals surface area contributed by atoms with Crippen LogP contribution in [0.1, 0.15) is 17.9 Å². The van der Waals surface area contributed by atoms with Crippen LogP contribution >= 0.6 is 0 Å². The van der Waals surface area contributed by atoms with Crippen molar-refractivity contribution in [1.82, 2.24) is 5.06 Å². The SMILES string of the molecule is O=C1C(c2ccccc2)C2C=CC(C2)N1O. The summed E-state index contributed by atoms with van der Waals surface area (Å²) in [5.41, 5.74) is 0.988. The van der Waals surface area contributed by atoms with Gasteiger partial charge in [0.05, 0.1) is 12.0 Å². The van der Waals surface area contributed by atoms with E-state index in [9.17, 15) is 10.0 Å². The van der Waals surface area contributed by atoms with Crippen LogP contribution in [0.3, 0.4) is 0 Å². The van der Waals surface area contributed by atoms with Gasteiger partial charge in [0.25, 0.3) is 5.91 Å². The van der Waals surface area contributed by atoms with Crippen molar-refractivity contribution in [2.75, 3.05) is 0 Å². The van der Waals surface area contributed by atoms with E-state index in [0.717, 1.165) is 17.0 Å². The summed E-state index contributed by atoms with van der Waals surface area (Å²) >= 11 is 0. The second-order valence-electron chi connectivity index (χ2n) is 4.42. The summed E-state index contributed by atoms with van der Waals surface area (Å²) in [6.45, 7) is 0. The van der Waals surface area contributed by atoms with E-state index >= 15 is 0 Å². The second kappa shape index (κ2) is 3.46. The number of nitrogens with zero attached hydrogens (tertiary/aromatic N) is 1. The fraction of sp³-hybridized carbons (Fsp3) is 0.308. The first kappa shape index (κ1) is 9.60. The Labute approximate surface area is 94.0 Å². The van der Waals surface area contributed by atoms with Crippen molar-refractivity contribution < 1.29 is 10.0 Å². The fourth-order valence-electron chi connectivity index (χ4n) is 2.67. The highest BCUT2D eigenvalue weighted by Gasteiger charge is 2.43. The van der Waals surface area contributed by atoms with E-state index < -0.39 is 0 Å². The van der Waals surface area contributed by atoms with Gasteiger partial charge in [0.1, 0.15) is 0 Å². The molecule has 1 saturated heterocycles. The van der Waals surface area contributed by atoms with E-state index in [-0.39, 0.29) is 23.8 Å². The first-order valence-corrected chi connectivity index (χ1v) is 5.52. The fourth-order valence-corrected chi connectivity index (χ4v) is 2.67. The molecule has 1 amide bonds. The number of benzene rings is 1. The van der Waals surface area contributed by atoms with Gasteiger partial charge in [-0.2, -0.15) is 0 Å². The molecule has 1 N–H and O–H groups in total. The molecule has 0 aromatic heterocycles. The minimum absolute atomic E-state index is 0.113. The average molecular weight is 215 g/mol. The predicted molar refractivity (Wildman–Crippen MR) is 58.9 cm³/mol. The normalized spacial score (nSPS) is 32.2. The molecule has 1 fully saturated rings. The third-order valence-electron chi connectivity index (χ3n) is 3.49. The molecule has 0 saturated carbocycles. The summed E-state index contributed by atoms with van der Waals surface area (Å²) in [6.07, 6.45) is 4.81. The molecule has 0 spiro atoms. The van der Waals surface area contributed by atoms with Crippen molar-refractivity contribution in [3.8, 4) is 0 Å². The number of rotatable bonds is 1. The van der Waals surface area contributed by atoms with Crippen molar-refractivity contribution in [2.24, 2.45) is 5.92 Å². The number of amides is 1. The first-order chi connectivity index (χ1) is 7.77. The van der Waals surface area contributed by atoms with Crippen LogP contribution in [0.25, 0.3) is 0 Å². The van der Waals surface area contributed by atoms with Gasteiger partial charge in [-0.05, 0) is 17.9 Å². The third-order valence-corrected chi connectivity index (χ3v) is 3.49. The average Bonchev–Trinajstić information content (AvgIpc) is 2.74. The molecule has 0 radical (unpaired) electrons. The van der Waals surface area contributed by atoms with Gasteiger partial charge in [0, 0.05) is 0 Å². The highest BCUT2D eigenvalue weighted by molar-refractivity contribution is 5.85. The molecule has 82 valence electrons.